The summed E-state index contributed by atoms with van der Waals surface area (Å²) in [7, 11) is 1.59. The van der Waals surface area contributed by atoms with Crippen LogP contribution in [0.3, 0.4) is 0 Å². The van der Waals surface area contributed by atoms with Gasteiger partial charge >= 0.3 is 6.03 Å². The van der Waals surface area contributed by atoms with Crippen LogP contribution in [-0.2, 0) is 17.7 Å². The first kappa shape index (κ1) is 17.7. The van der Waals surface area contributed by atoms with Gasteiger partial charge < -0.3 is 25.6 Å². The van der Waals surface area contributed by atoms with E-state index in [0.29, 0.717) is 5.82 Å². The van der Waals surface area contributed by atoms with Gasteiger partial charge in [0.15, 0.2) is 5.82 Å². The molecule has 0 aliphatic carbocycles. The predicted molar refractivity (Wildman–Crippen MR) is 104 cm³/mol. The number of fused-ring (bicyclic) bond motifs is 1. The molecule has 0 atom stereocenters. The minimum absolute atomic E-state index is 0.242. The van der Waals surface area contributed by atoms with Crippen LogP contribution in [-0.4, -0.2) is 55.9 Å². The van der Waals surface area contributed by atoms with Gasteiger partial charge in [-0.1, -0.05) is 0 Å². The van der Waals surface area contributed by atoms with Crippen molar-refractivity contribution in [3.63, 3.8) is 0 Å². The van der Waals surface area contributed by atoms with Crippen molar-refractivity contribution in [2.75, 3.05) is 50.1 Å². The third-order valence-electron chi connectivity index (χ3n) is 4.85. The van der Waals surface area contributed by atoms with E-state index in [9.17, 15) is 4.79 Å². The molecule has 2 aromatic rings. The molecule has 8 nitrogen and oxygen atoms in total. The van der Waals surface area contributed by atoms with Crippen molar-refractivity contribution < 1.29 is 9.53 Å². The fraction of sp³-hybridized carbons (Fsp3) is 0.421. The van der Waals surface area contributed by atoms with Crippen LogP contribution in [0.4, 0.5) is 16.3 Å². The summed E-state index contributed by atoms with van der Waals surface area (Å²) < 4.78 is 5.50. The highest BCUT2D eigenvalue weighted by Gasteiger charge is 2.23. The standard InChI is InChI=1S/C19H24N6O2/c1-20-19(26)22-14-4-2-13(3-5-14)17-23-16-12-21-7-6-15(16)18(24-17)25-8-10-27-11-9-25/h2-5,21H,6-12H2,1H3,(H2,20,22,26). The van der Waals surface area contributed by atoms with Gasteiger partial charge in [0.1, 0.15) is 5.82 Å². The molecule has 142 valence electrons. The molecule has 1 fully saturated rings. The van der Waals surface area contributed by atoms with Gasteiger partial charge in [0.25, 0.3) is 0 Å². The smallest absolute Gasteiger partial charge is 0.318 e. The molecule has 2 aliphatic rings. The Morgan fingerprint density at radius 2 is 1.96 bits per heavy atom. The number of carbonyl (C=O) groups is 1. The summed E-state index contributed by atoms with van der Waals surface area (Å²) in [6.45, 7) is 4.88. The molecule has 0 bridgehead atoms. The molecule has 1 aromatic carbocycles. The van der Waals surface area contributed by atoms with E-state index in [1.54, 1.807) is 7.05 Å². The number of nitrogens with zero attached hydrogens (tertiary/aromatic N) is 3. The highest BCUT2D eigenvalue weighted by atomic mass is 16.5. The van der Waals surface area contributed by atoms with E-state index in [0.717, 1.165) is 68.6 Å². The van der Waals surface area contributed by atoms with Crippen molar-refractivity contribution in [1.29, 1.82) is 0 Å². The van der Waals surface area contributed by atoms with Gasteiger partial charge in [-0.3, -0.25) is 0 Å². The molecule has 0 spiro atoms. The lowest BCUT2D eigenvalue weighted by atomic mass is 10.1. The largest absolute Gasteiger partial charge is 0.378 e. The third-order valence-corrected chi connectivity index (χ3v) is 4.85. The number of urea groups is 1. The van der Waals surface area contributed by atoms with Crippen molar-refractivity contribution in [2.45, 2.75) is 13.0 Å². The Balaban J connectivity index is 1.67. The van der Waals surface area contributed by atoms with Crippen LogP contribution in [0.1, 0.15) is 11.3 Å². The van der Waals surface area contributed by atoms with E-state index < -0.39 is 0 Å². The third kappa shape index (κ3) is 3.86. The van der Waals surface area contributed by atoms with Gasteiger partial charge in [0.05, 0.1) is 18.9 Å². The first-order valence-corrected chi connectivity index (χ1v) is 9.27. The average Bonchev–Trinajstić information content (AvgIpc) is 2.74. The van der Waals surface area contributed by atoms with E-state index in [1.165, 1.54) is 5.56 Å². The van der Waals surface area contributed by atoms with Gasteiger partial charge in [-0.15, -0.1) is 0 Å². The van der Waals surface area contributed by atoms with Crippen molar-refractivity contribution in [3.05, 3.63) is 35.5 Å². The zero-order valence-corrected chi connectivity index (χ0v) is 15.4. The van der Waals surface area contributed by atoms with E-state index in [-0.39, 0.29) is 6.03 Å². The summed E-state index contributed by atoms with van der Waals surface area (Å²) in [6, 6.07) is 7.35. The van der Waals surface area contributed by atoms with Crippen molar-refractivity contribution in [1.82, 2.24) is 20.6 Å². The summed E-state index contributed by atoms with van der Waals surface area (Å²) >= 11 is 0. The monoisotopic (exact) mass is 368 g/mol. The fourth-order valence-corrected chi connectivity index (χ4v) is 3.40. The zero-order valence-electron chi connectivity index (χ0n) is 15.4. The Kier molecular flexibility index (Phi) is 5.17. The summed E-state index contributed by atoms with van der Waals surface area (Å²) in [5, 5.41) is 8.70. The second-order valence-corrected chi connectivity index (χ2v) is 6.60. The molecular formula is C19H24N6O2. The molecule has 2 amide bonds. The summed E-state index contributed by atoms with van der Waals surface area (Å²) in [5.41, 5.74) is 3.98. The normalized spacial score (nSPS) is 16.6. The number of hydrogen-bond donors (Lipinski definition) is 3. The minimum atomic E-state index is -0.242. The van der Waals surface area contributed by atoms with Gasteiger partial charge in [-0.2, -0.15) is 0 Å². The Morgan fingerprint density at radius 1 is 1.19 bits per heavy atom. The SMILES string of the molecule is CNC(=O)Nc1ccc(-c2nc3c(c(N4CCOCC4)n2)CCNC3)cc1. The summed E-state index contributed by atoms with van der Waals surface area (Å²) in [4.78, 5) is 23.5. The van der Waals surface area contributed by atoms with Crippen molar-refractivity contribution >= 4 is 17.5 Å². The number of nitrogens with one attached hydrogen (secondary N) is 3. The van der Waals surface area contributed by atoms with Crippen molar-refractivity contribution in [2.24, 2.45) is 0 Å². The van der Waals surface area contributed by atoms with Crippen LogP contribution >= 0.6 is 0 Å². The molecule has 8 heteroatoms. The number of rotatable bonds is 3. The van der Waals surface area contributed by atoms with Crippen LogP contribution in [0.5, 0.6) is 0 Å². The Morgan fingerprint density at radius 3 is 2.70 bits per heavy atom. The number of anilines is 2. The van der Waals surface area contributed by atoms with Gasteiger partial charge in [0, 0.05) is 43.5 Å². The number of morpholine rings is 1. The number of carbonyl (C=O) groups excluding carboxylic acids is 1. The average molecular weight is 368 g/mol. The molecule has 0 unspecified atom stereocenters. The summed E-state index contributed by atoms with van der Waals surface area (Å²) in [6.07, 6.45) is 0.942. The van der Waals surface area contributed by atoms with Gasteiger partial charge in [-0.25, -0.2) is 14.8 Å². The highest BCUT2D eigenvalue weighted by Crippen LogP contribution is 2.28. The molecule has 1 aromatic heterocycles. The molecule has 0 saturated carbocycles. The molecule has 27 heavy (non-hydrogen) atoms. The molecule has 0 radical (unpaired) electrons. The van der Waals surface area contributed by atoms with Crippen molar-refractivity contribution in [3.8, 4) is 11.4 Å². The second-order valence-electron chi connectivity index (χ2n) is 6.60. The van der Waals surface area contributed by atoms with Crippen LogP contribution in [0.25, 0.3) is 11.4 Å². The van der Waals surface area contributed by atoms with Gasteiger partial charge in [-0.05, 0) is 37.2 Å². The molecule has 2 aliphatic heterocycles. The molecular weight excluding hydrogens is 344 g/mol. The molecule has 1 saturated heterocycles. The zero-order chi connectivity index (χ0) is 18.6. The van der Waals surface area contributed by atoms with E-state index in [4.69, 9.17) is 14.7 Å². The predicted octanol–water partition coefficient (Wildman–Crippen LogP) is 1.38. The van der Waals surface area contributed by atoms with Crippen LogP contribution in [0.2, 0.25) is 0 Å². The topological polar surface area (TPSA) is 91.4 Å². The summed E-state index contributed by atoms with van der Waals surface area (Å²) in [5.74, 6) is 1.75. The second kappa shape index (κ2) is 7.89. The van der Waals surface area contributed by atoms with Gasteiger partial charge in [0.2, 0.25) is 0 Å². The Labute approximate surface area is 158 Å². The lowest BCUT2D eigenvalue weighted by Gasteiger charge is -2.31. The molecule has 3 heterocycles. The van der Waals surface area contributed by atoms with Crippen LogP contribution in [0, 0.1) is 0 Å². The number of aromatic nitrogens is 2. The first-order chi connectivity index (χ1) is 13.2. The number of amides is 2. The first-order valence-electron chi connectivity index (χ1n) is 9.27. The Hall–Kier alpha value is -2.71. The molecule has 4 rings (SSSR count). The van der Waals surface area contributed by atoms with Crippen LogP contribution in [0.15, 0.2) is 24.3 Å². The maximum absolute atomic E-state index is 11.4. The lowest BCUT2D eigenvalue weighted by molar-refractivity contribution is 0.122. The van der Waals surface area contributed by atoms with E-state index >= 15 is 0 Å². The minimum Gasteiger partial charge on any atom is -0.378 e. The lowest BCUT2D eigenvalue weighted by Crippen LogP contribution is -2.39. The molecule has 3 N–H and O–H groups in total. The maximum Gasteiger partial charge on any atom is 0.318 e. The fourth-order valence-electron chi connectivity index (χ4n) is 3.40. The number of hydrogen-bond acceptors (Lipinski definition) is 6. The van der Waals surface area contributed by atoms with Crippen LogP contribution < -0.4 is 20.9 Å². The van der Waals surface area contributed by atoms with E-state index in [2.05, 4.69) is 20.9 Å². The number of ether oxygens (including phenoxy) is 1. The van der Waals surface area contributed by atoms with E-state index in [1.807, 2.05) is 24.3 Å². The number of benzene rings is 1. The Bertz CT molecular complexity index is 818. The maximum atomic E-state index is 11.4. The quantitative estimate of drug-likeness (QED) is 0.758. The highest BCUT2D eigenvalue weighted by molar-refractivity contribution is 5.89.